The maximum Gasteiger partial charge on any atom is 0.154 e. The summed E-state index contributed by atoms with van der Waals surface area (Å²) < 4.78 is 50.5. The SMILES string of the molecule is CCCNC(Cc1c(F)cccc1F)C(C)(C)S(C)(=O)=O. The van der Waals surface area contributed by atoms with Crippen LogP contribution in [0.4, 0.5) is 8.78 Å². The molecule has 3 nitrogen and oxygen atoms in total. The van der Waals surface area contributed by atoms with Crippen molar-refractivity contribution in [1.82, 2.24) is 5.32 Å². The van der Waals surface area contributed by atoms with Gasteiger partial charge in [-0.15, -0.1) is 0 Å². The fourth-order valence-electron chi connectivity index (χ4n) is 2.07. The molecule has 1 aromatic rings. The molecular weight excluding hydrogens is 296 g/mol. The molecule has 0 aromatic heterocycles. The molecule has 0 aliphatic heterocycles. The molecule has 0 saturated heterocycles. The lowest BCUT2D eigenvalue weighted by Crippen LogP contribution is -2.53. The molecule has 6 heteroatoms. The first-order valence-corrected chi connectivity index (χ1v) is 8.86. The second kappa shape index (κ2) is 6.83. The van der Waals surface area contributed by atoms with Gasteiger partial charge < -0.3 is 5.32 Å². The summed E-state index contributed by atoms with van der Waals surface area (Å²) in [4.78, 5) is 0. The van der Waals surface area contributed by atoms with Gasteiger partial charge in [-0.1, -0.05) is 13.0 Å². The number of hydrogen-bond acceptors (Lipinski definition) is 3. The summed E-state index contributed by atoms with van der Waals surface area (Å²) in [5.41, 5.74) is -0.0807. The summed E-state index contributed by atoms with van der Waals surface area (Å²) in [6.45, 7) is 5.68. The maximum absolute atomic E-state index is 13.8. The van der Waals surface area contributed by atoms with Crippen molar-refractivity contribution in [2.75, 3.05) is 12.8 Å². The van der Waals surface area contributed by atoms with Gasteiger partial charge in [0.15, 0.2) is 9.84 Å². The Morgan fingerprint density at radius 3 is 2.19 bits per heavy atom. The van der Waals surface area contributed by atoms with Gasteiger partial charge in [-0.3, -0.25) is 0 Å². The van der Waals surface area contributed by atoms with Crippen LogP contribution >= 0.6 is 0 Å². The average Bonchev–Trinajstić information content (AvgIpc) is 2.35. The van der Waals surface area contributed by atoms with Gasteiger partial charge in [0.2, 0.25) is 0 Å². The molecule has 1 N–H and O–H groups in total. The molecule has 0 saturated carbocycles. The van der Waals surface area contributed by atoms with Crippen LogP contribution in [0.1, 0.15) is 32.8 Å². The summed E-state index contributed by atoms with van der Waals surface area (Å²) in [6, 6.07) is 3.09. The zero-order chi connectivity index (χ0) is 16.3. The quantitative estimate of drug-likeness (QED) is 0.840. The Labute approximate surface area is 125 Å². The van der Waals surface area contributed by atoms with Crippen molar-refractivity contribution < 1.29 is 17.2 Å². The van der Waals surface area contributed by atoms with Crippen molar-refractivity contribution in [3.63, 3.8) is 0 Å². The minimum atomic E-state index is -3.39. The van der Waals surface area contributed by atoms with E-state index in [-0.39, 0.29) is 12.0 Å². The van der Waals surface area contributed by atoms with Gasteiger partial charge in [-0.25, -0.2) is 17.2 Å². The van der Waals surface area contributed by atoms with E-state index < -0.39 is 32.3 Å². The highest BCUT2D eigenvalue weighted by Crippen LogP contribution is 2.25. The summed E-state index contributed by atoms with van der Waals surface area (Å²) in [7, 11) is -3.39. The number of hydrogen-bond donors (Lipinski definition) is 1. The second-order valence-corrected chi connectivity index (χ2v) is 8.38. The molecule has 0 aliphatic rings. The Hall–Kier alpha value is -1.01. The van der Waals surface area contributed by atoms with Crippen LogP contribution in [0.25, 0.3) is 0 Å². The smallest absolute Gasteiger partial charge is 0.154 e. The topological polar surface area (TPSA) is 46.2 Å². The van der Waals surface area contributed by atoms with E-state index in [9.17, 15) is 17.2 Å². The Morgan fingerprint density at radius 1 is 1.24 bits per heavy atom. The zero-order valence-corrected chi connectivity index (χ0v) is 13.7. The minimum absolute atomic E-state index is 0.0153. The van der Waals surface area contributed by atoms with Crippen molar-refractivity contribution >= 4 is 9.84 Å². The van der Waals surface area contributed by atoms with E-state index in [1.165, 1.54) is 18.2 Å². The molecule has 1 aromatic carbocycles. The fourth-order valence-corrected chi connectivity index (χ4v) is 2.76. The van der Waals surface area contributed by atoms with E-state index in [1.807, 2.05) is 6.92 Å². The summed E-state index contributed by atoms with van der Waals surface area (Å²) in [5, 5.41) is 3.11. The Morgan fingerprint density at radius 2 is 1.76 bits per heavy atom. The van der Waals surface area contributed by atoms with Crippen molar-refractivity contribution in [3.8, 4) is 0 Å². The van der Waals surface area contributed by atoms with Crippen LogP contribution in [-0.4, -0.2) is 32.0 Å². The third-order valence-electron chi connectivity index (χ3n) is 3.91. The molecule has 1 atom stereocenters. The zero-order valence-electron chi connectivity index (χ0n) is 12.9. The lowest BCUT2D eigenvalue weighted by Gasteiger charge is -2.33. The van der Waals surface area contributed by atoms with Gasteiger partial charge in [-0.2, -0.15) is 0 Å². The Balaban J connectivity index is 3.16. The van der Waals surface area contributed by atoms with E-state index in [4.69, 9.17) is 0 Å². The highest BCUT2D eigenvalue weighted by Gasteiger charge is 2.39. The third kappa shape index (κ3) is 4.23. The number of halogens is 2. The van der Waals surface area contributed by atoms with Crippen LogP contribution in [0.5, 0.6) is 0 Å². The van der Waals surface area contributed by atoms with E-state index in [0.29, 0.717) is 6.54 Å². The van der Waals surface area contributed by atoms with Gasteiger partial charge in [0.05, 0.1) is 4.75 Å². The fraction of sp³-hybridized carbons (Fsp3) is 0.600. The molecule has 1 unspecified atom stereocenters. The first-order valence-electron chi connectivity index (χ1n) is 6.97. The highest BCUT2D eigenvalue weighted by atomic mass is 32.2. The predicted octanol–water partition coefficient (Wildman–Crippen LogP) is 2.70. The standard InChI is InChI=1S/C15H23F2NO2S/c1-5-9-18-14(15(2,3)21(4,19)20)10-11-12(16)7-6-8-13(11)17/h6-8,14,18H,5,9-10H2,1-4H3. The van der Waals surface area contributed by atoms with Gasteiger partial charge in [0.25, 0.3) is 0 Å². The van der Waals surface area contributed by atoms with Crippen molar-refractivity contribution in [3.05, 3.63) is 35.4 Å². The largest absolute Gasteiger partial charge is 0.312 e. The van der Waals surface area contributed by atoms with Crippen LogP contribution in [-0.2, 0) is 16.3 Å². The number of sulfone groups is 1. The highest BCUT2D eigenvalue weighted by molar-refractivity contribution is 7.92. The van der Waals surface area contributed by atoms with Crippen LogP contribution in [0, 0.1) is 11.6 Å². The molecule has 0 spiro atoms. The van der Waals surface area contributed by atoms with E-state index in [1.54, 1.807) is 13.8 Å². The molecule has 0 radical (unpaired) electrons. The predicted molar refractivity (Wildman–Crippen MR) is 81.1 cm³/mol. The van der Waals surface area contributed by atoms with Crippen LogP contribution in [0.3, 0.4) is 0 Å². The van der Waals surface area contributed by atoms with Gasteiger partial charge in [0, 0.05) is 17.9 Å². The van der Waals surface area contributed by atoms with Crippen molar-refractivity contribution in [2.45, 2.75) is 44.4 Å². The lowest BCUT2D eigenvalue weighted by molar-refractivity contribution is 0.395. The average molecular weight is 319 g/mol. The summed E-state index contributed by atoms with van der Waals surface area (Å²) in [6.07, 6.45) is 1.93. The molecule has 0 amide bonds. The van der Waals surface area contributed by atoms with Crippen LogP contribution < -0.4 is 5.32 Å². The molecule has 0 aliphatic carbocycles. The molecule has 120 valence electrons. The van der Waals surface area contributed by atoms with Gasteiger partial charge in [0.1, 0.15) is 11.6 Å². The monoisotopic (exact) mass is 319 g/mol. The first-order chi connectivity index (χ1) is 9.61. The van der Waals surface area contributed by atoms with Gasteiger partial charge in [-0.05, 0) is 45.4 Å². The second-order valence-electron chi connectivity index (χ2n) is 5.79. The molecule has 0 bridgehead atoms. The third-order valence-corrected chi connectivity index (χ3v) is 6.10. The normalized spacial score (nSPS) is 14.2. The molecule has 21 heavy (non-hydrogen) atoms. The van der Waals surface area contributed by atoms with E-state index in [0.717, 1.165) is 12.7 Å². The molecule has 1 rings (SSSR count). The van der Waals surface area contributed by atoms with Gasteiger partial charge >= 0.3 is 0 Å². The van der Waals surface area contributed by atoms with Crippen molar-refractivity contribution in [2.24, 2.45) is 0 Å². The van der Waals surface area contributed by atoms with Crippen LogP contribution in [0.15, 0.2) is 18.2 Å². The Bertz CT molecular complexity index is 565. The summed E-state index contributed by atoms with van der Waals surface area (Å²) in [5.74, 6) is -1.30. The lowest BCUT2D eigenvalue weighted by atomic mass is 9.94. The van der Waals surface area contributed by atoms with Crippen LogP contribution in [0.2, 0.25) is 0 Å². The number of nitrogens with one attached hydrogen (secondary N) is 1. The molecule has 0 fully saturated rings. The molecular formula is C15H23F2NO2S. The minimum Gasteiger partial charge on any atom is -0.312 e. The number of rotatable bonds is 7. The maximum atomic E-state index is 13.8. The van der Waals surface area contributed by atoms with E-state index >= 15 is 0 Å². The Kier molecular flexibility index (Phi) is 5.87. The molecule has 0 heterocycles. The first kappa shape index (κ1) is 18.0. The van der Waals surface area contributed by atoms with Crippen molar-refractivity contribution in [1.29, 1.82) is 0 Å². The van der Waals surface area contributed by atoms with E-state index in [2.05, 4.69) is 5.32 Å². The number of benzene rings is 1. The summed E-state index contributed by atoms with van der Waals surface area (Å²) >= 11 is 0.